The van der Waals surface area contributed by atoms with Crippen molar-refractivity contribution >= 4 is 91.8 Å². The van der Waals surface area contributed by atoms with Crippen LogP contribution in [0.25, 0.3) is 5.57 Å². The highest BCUT2D eigenvalue weighted by Gasteiger charge is 2.42. The van der Waals surface area contributed by atoms with Crippen LogP contribution in [0.5, 0.6) is 0 Å². The normalized spacial score (nSPS) is 27.4. The lowest BCUT2D eigenvalue weighted by atomic mass is 9.92. The molecule has 0 saturated carbocycles. The zero-order valence-corrected chi connectivity index (χ0v) is 53.9. The second-order valence-electron chi connectivity index (χ2n) is 24.5. The molecular weight excluding hydrogens is 1150 g/mol. The van der Waals surface area contributed by atoms with Crippen molar-refractivity contribution < 1.29 is 47.9 Å². The Balaban J connectivity index is 1.36. The van der Waals surface area contributed by atoms with E-state index in [-0.39, 0.29) is 80.4 Å². The van der Waals surface area contributed by atoms with E-state index in [9.17, 15) is 47.9 Å². The molecule has 10 amide bonds. The van der Waals surface area contributed by atoms with Crippen molar-refractivity contribution in [2.24, 2.45) is 35.1 Å². The lowest BCUT2D eigenvalue weighted by Crippen LogP contribution is -2.61. The average Bonchev–Trinajstić information content (AvgIpc) is 2.02. The average molecular weight is 1240 g/mol. The molecule has 1 aliphatic carbocycles. The summed E-state index contributed by atoms with van der Waals surface area (Å²) in [6, 6.07) is 3.07. The van der Waals surface area contributed by atoms with Crippen LogP contribution in [0.1, 0.15) is 152 Å². The first-order valence-corrected chi connectivity index (χ1v) is 33.4. The van der Waals surface area contributed by atoms with Crippen LogP contribution in [0, 0.1) is 30.6 Å². The van der Waals surface area contributed by atoms with E-state index in [4.69, 9.17) is 11.5 Å². The molecule has 478 valence electrons. The molecule has 1 aromatic carbocycles. The van der Waals surface area contributed by atoms with Crippen molar-refractivity contribution in [3.05, 3.63) is 74.6 Å². The Bertz CT molecular complexity index is 2940. The fourth-order valence-electron chi connectivity index (χ4n) is 11.8. The van der Waals surface area contributed by atoms with Crippen LogP contribution in [-0.2, 0) is 49.6 Å². The van der Waals surface area contributed by atoms with Gasteiger partial charge >= 0.3 is 0 Å². The fourth-order valence-corrected chi connectivity index (χ4v) is 14.3. The van der Waals surface area contributed by atoms with E-state index in [0.29, 0.717) is 42.7 Å². The van der Waals surface area contributed by atoms with Gasteiger partial charge in [-0.2, -0.15) is 10.5 Å². The topological polar surface area (TPSA) is 325 Å². The van der Waals surface area contributed by atoms with E-state index >= 15 is 0 Å². The molecule has 2 aromatic rings. The molecule has 24 heteroatoms. The van der Waals surface area contributed by atoms with Gasteiger partial charge in [0.2, 0.25) is 41.4 Å². The number of amides is 10. The van der Waals surface area contributed by atoms with Gasteiger partial charge in [0.25, 0.3) is 17.7 Å². The molecule has 10 atom stereocenters. The molecule has 6 rings (SSSR count). The summed E-state index contributed by atoms with van der Waals surface area (Å²) < 4.78 is 0. The van der Waals surface area contributed by atoms with E-state index in [1.807, 2.05) is 39.2 Å². The summed E-state index contributed by atoms with van der Waals surface area (Å²) in [6.45, 7) is 17.7. The third-order valence-electron chi connectivity index (χ3n) is 16.9. The predicted molar refractivity (Wildman–Crippen MR) is 340 cm³/mol. The fraction of sp³-hybridized carbons (Fsp3) is 0.603. The standard InChI is InChI=1S/C63H94N12O10S2/c1-35(2)31-47-56(78)69-48(32-41-19-12-11-13-20-41)62(84)74-29-17-25-49(74)58(80)70-54(37(5)6)61(83)67-46(24-16-28-65)57(79)73-72-52(76)34-87(10)40(9)38(7)42-21-14-22-43(42)44-33-51(86-39(44)8)63(85)75-30-18-26-50(75)59(81)71-53(36(3)4)60(82)66-45(23-15-27-64)55(77)68-47/h11-13,19-20,24,33-38,40,45,47-50,53-54H,14-18,21-23,25-32,64-65H2,1-10H3,(H,66,82)(H,67,83)(H,68,77)(H,69,78)(H,70,80)(H,71,81)(H,72,76)(H,73,79)/b46-24+. The van der Waals surface area contributed by atoms with Crippen LogP contribution in [-0.4, -0.2) is 154 Å². The summed E-state index contributed by atoms with van der Waals surface area (Å²) in [5, 5.41) is 18.5. The quantitative estimate of drug-likeness (QED) is 0.114. The number of nitrogens with zero attached hydrogens (tertiary/aromatic N) is 2. The Kier molecular flexibility index (Phi) is 25.9. The third kappa shape index (κ3) is 18.4. The van der Waals surface area contributed by atoms with Crippen LogP contribution in [0.3, 0.4) is 0 Å². The first-order chi connectivity index (χ1) is 41.3. The lowest BCUT2D eigenvalue weighted by Gasteiger charge is -2.32. The van der Waals surface area contributed by atoms with Crippen molar-refractivity contribution in [2.45, 2.75) is 187 Å². The predicted octanol–water partition coefficient (Wildman–Crippen LogP) is 3.59. The minimum Gasteiger partial charge on any atom is -0.343 e. The summed E-state index contributed by atoms with van der Waals surface area (Å²) in [4.78, 5) is 148. The number of hydrogen-bond donors (Lipinski definition) is 10. The van der Waals surface area contributed by atoms with E-state index in [2.05, 4.69) is 56.6 Å². The second-order valence-corrected chi connectivity index (χ2v) is 28.0. The number of benzene rings is 1. The maximum Gasteiger partial charge on any atom is 0.285 e. The molecule has 12 N–H and O–H groups in total. The SMILES string of the molecule is Cc1sc2cc1C1=C(CCC1)C(C)C(C)S(C)=CC(=O)NNC(=O)/C(=C\CCN)NC(=O)C(C(C)C)NC(=O)C1CCCN1C(=O)C(Cc1ccccc1)NC(=O)C(CC(C)C)NC(=O)C(CCCN)NC(=O)C(C(C)C)NC(=O)C1CCCN1C2=O. The van der Waals surface area contributed by atoms with Crippen LogP contribution < -0.4 is 54.2 Å². The highest BCUT2D eigenvalue weighted by Crippen LogP contribution is 2.44. The minimum absolute atomic E-state index is 0.0129. The lowest BCUT2D eigenvalue weighted by molar-refractivity contribution is -0.142. The zero-order chi connectivity index (χ0) is 63.8. The Morgan fingerprint density at radius 1 is 0.690 bits per heavy atom. The number of nitrogens with two attached hydrogens (primary N) is 2. The van der Waals surface area contributed by atoms with Gasteiger partial charge in [-0.1, -0.05) is 97.4 Å². The maximum atomic E-state index is 14.9. The molecule has 22 nitrogen and oxygen atoms in total. The number of aryl methyl sites for hydroxylation is 1. The molecule has 0 spiro atoms. The molecule has 2 fully saturated rings. The van der Waals surface area contributed by atoms with Gasteiger partial charge in [-0.25, -0.2) is 0 Å². The van der Waals surface area contributed by atoms with Crippen molar-refractivity contribution in [1.82, 2.24) is 52.6 Å². The molecule has 4 aliphatic rings. The third-order valence-corrected chi connectivity index (χ3v) is 20.1. The number of hydrogen-bond acceptors (Lipinski definition) is 13. The van der Waals surface area contributed by atoms with Gasteiger partial charge in [-0.3, -0.25) is 58.8 Å². The van der Waals surface area contributed by atoms with Crippen molar-refractivity contribution in [2.75, 3.05) is 32.4 Å². The van der Waals surface area contributed by atoms with Gasteiger partial charge in [0.1, 0.15) is 48.0 Å². The largest absolute Gasteiger partial charge is 0.343 e. The molecule has 4 heterocycles. The van der Waals surface area contributed by atoms with Crippen molar-refractivity contribution in [3.8, 4) is 0 Å². The second kappa shape index (κ2) is 32.5. The van der Waals surface area contributed by atoms with Gasteiger partial charge in [0, 0.05) is 35.0 Å². The summed E-state index contributed by atoms with van der Waals surface area (Å²) >= 11 is 1.38. The highest BCUT2D eigenvalue weighted by atomic mass is 32.2. The Morgan fingerprint density at radius 2 is 1.29 bits per heavy atom. The van der Waals surface area contributed by atoms with E-state index < -0.39 is 118 Å². The molecule has 3 aliphatic heterocycles. The number of allylic oxidation sites excluding steroid dienone is 2. The minimum atomic E-state index is -1.23. The number of nitrogens with one attached hydrogen (secondary N) is 8. The summed E-state index contributed by atoms with van der Waals surface area (Å²) in [5.41, 5.74) is 20.5. The molecular formula is C63H94N12O10S2. The Hall–Kier alpha value is -6.76. The van der Waals surface area contributed by atoms with Crippen LogP contribution in [0.2, 0.25) is 0 Å². The van der Waals surface area contributed by atoms with Gasteiger partial charge in [-0.15, -0.1) is 11.3 Å². The molecule has 2 saturated heterocycles. The van der Waals surface area contributed by atoms with Crippen molar-refractivity contribution in [1.29, 1.82) is 0 Å². The first-order valence-electron chi connectivity index (χ1n) is 30.8. The van der Waals surface area contributed by atoms with Crippen LogP contribution >= 0.6 is 21.8 Å². The number of hydrazine groups is 1. The molecule has 2 bridgehead atoms. The Morgan fingerprint density at radius 3 is 1.91 bits per heavy atom. The highest BCUT2D eigenvalue weighted by molar-refractivity contribution is 8.15. The monoisotopic (exact) mass is 1240 g/mol. The van der Waals surface area contributed by atoms with Gasteiger partial charge in [0.05, 0.1) is 4.88 Å². The van der Waals surface area contributed by atoms with Gasteiger partial charge < -0.3 is 53.2 Å². The van der Waals surface area contributed by atoms with Crippen LogP contribution in [0.4, 0.5) is 0 Å². The van der Waals surface area contributed by atoms with Crippen molar-refractivity contribution in [3.63, 3.8) is 0 Å². The van der Waals surface area contributed by atoms with E-state index in [1.54, 1.807) is 56.9 Å². The van der Waals surface area contributed by atoms with Crippen LogP contribution in [0.15, 0.2) is 53.7 Å². The van der Waals surface area contributed by atoms with E-state index in [0.717, 1.165) is 35.3 Å². The summed E-state index contributed by atoms with van der Waals surface area (Å²) in [7, 11) is -0.607. The smallest absolute Gasteiger partial charge is 0.285 e. The number of carbonyl (C=O) groups is 10. The van der Waals surface area contributed by atoms with Gasteiger partial charge in [0.15, 0.2) is 0 Å². The number of thiophene rings is 1. The number of rotatable bonds is 11. The van der Waals surface area contributed by atoms with E-state index in [1.165, 1.54) is 33.3 Å². The molecule has 1 aromatic heterocycles. The zero-order valence-electron chi connectivity index (χ0n) is 52.3. The maximum absolute atomic E-state index is 14.9. The summed E-state index contributed by atoms with van der Waals surface area (Å²) in [6.07, 6.45) is 8.30. The molecule has 0 radical (unpaired) electrons. The number of carbonyl (C=O) groups excluding carboxylic acids is 10. The summed E-state index contributed by atoms with van der Waals surface area (Å²) in [5.74, 6) is -7.18. The molecule has 87 heavy (non-hydrogen) atoms. The first kappa shape index (κ1) is 69.3. The number of fused-ring (bicyclic) bond motifs is 5. The van der Waals surface area contributed by atoms with Gasteiger partial charge in [-0.05, 0) is 143 Å². The molecule has 10 unspecified atom stereocenters. The Labute approximate surface area is 519 Å².